The van der Waals surface area contributed by atoms with Gasteiger partial charge in [-0.1, -0.05) is 48.1 Å². The Morgan fingerprint density at radius 2 is 1.55 bits per heavy atom. The summed E-state index contributed by atoms with van der Waals surface area (Å²) in [6.07, 6.45) is 6.29. The molecule has 1 fully saturated rings. The van der Waals surface area contributed by atoms with Crippen molar-refractivity contribution in [2.45, 2.75) is 12.8 Å². The average Bonchev–Trinajstić information content (AvgIpc) is 2.72. The lowest BCUT2D eigenvalue weighted by molar-refractivity contribution is 0.611. The second-order valence-corrected chi connectivity index (χ2v) is 5.88. The molecule has 1 saturated heterocycles. The van der Waals surface area contributed by atoms with Crippen molar-refractivity contribution in [1.82, 2.24) is 5.32 Å². The van der Waals surface area contributed by atoms with Crippen LogP contribution in [0.15, 0.2) is 48.0 Å². The minimum atomic E-state index is -0.168. The van der Waals surface area contributed by atoms with Gasteiger partial charge in [-0.05, 0) is 65.9 Å². The number of nitrogens with one attached hydrogen (secondary N) is 1. The Hall–Kier alpha value is -2.19. The molecule has 110 valence electrons. The summed E-state index contributed by atoms with van der Waals surface area (Å²) in [7, 11) is 0. The van der Waals surface area contributed by atoms with Crippen LogP contribution >= 0.6 is 0 Å². The number of fused-ring (bicyclic) bond motifs is 2. The molecular weight excluding hydrogens is 273 g/mol. The number of piperidine rings is 1. The van der Waals surface area contributed by atoms with Gasteiger partial charge in [0.25, 0.3) is 0 Å². The van der Waals surface area contributed by atoms with Crippen LogP contribution in [0.3, 0.4) is 0 Å². The van der Waals surface area contributed by atoms with Crippen molar-refractivity contribution in [2.24, 2.45) is 0 Å². The SMILES string of the molecule is Fc1ccc2c(c1)C(=C1CCNCC1)c1ccccc1C=C2. The van der Waals surface area contributed by atoms with Crippen LogP contribution in [0.2, 0.25) is 0 Å². The standard InChI is InChI=1S/C20H18FN/c21-17-8-7-15-6-5-14-3-1-2-4-18(14)20(19(15)13-17)16-9-11-22-12-10-16/h1-8,13,22H,9-12H2. The lowest BCUT2D eigenvalue weighted by atomic mass is 9.86. The van der Waals surface area contributed by atoms with E-state index >= 15 is 0 Å². The molecule has 4 rings (SSSR count). The van der Waals surface area contributed by atoms with Crippen molar-refractivity contribution >= 4 is 17.7 Å². The summed E-state index contributed by atoms with van der Waals surface area (Å²) in [6.45, 7) is 2.00. The van der Waals surface area contributed by atoms with E-state index in [0.29, 0.717) is 0 Å². The Kier molecular flexibility index (Phi) is 3.39. The first-order chi connectivity index (χ1) is 10.8. The molecule has 0 spiro atoms. The third kappa shape index (κ3) is 2.30. The van der Waals surface area contributed by atoms with Gasteiger partial charge in [0.15, 0.2) is 0 Å². The van der Waals surface area contributed by atoms with Crippen molar-refractivity contribution in [1.29, 1.82) is 0 Å². The molecule has 0 radical (unpaired) electrons. The van der Waals surface area contributed by atoms with Crippen LogP contribution in [0.4, 0.5) is 4.39 Å². The molecule has 2 aromatic carbocycles. The van der Waals surface area contributed by atoms with Gasteiger partial charge in [0.2, 0.25) is 0 Å². The van der Waals surface area contributed by atoms with E-state index in [9.17, 15) is 4.39 Å². The molecule has 1 aliphatic heterocycles. The van der Waals surface area contributed by atoms with E-state index in [1.807, 2.05) is 6.07 Å². The van der Waals surface area contributed by atoms with Crippen LogP contribution < -0.4 is 5.32 Å². The summed E-state index contributed by atoms with van der Waals surface area (Å²) in [5.41, 5.74) is 7.22. The molecule has 1 heterocycles. The Bertz CT molecular complexity index is 778. The monoisotopic (exact) mass is 291 g/mol. The third-order valence-corrected chi connectivity index (χ3v) is 4.52. The highest BCUT2D eigenvalue weighted by Crippen LogP contribution is 2.38. The summed E-state index contributed by atoms with van der Waals surface area (Å²) in [6, 6.07) is 13.5. The van der Waals surface area contributed by atoms with E-state index in [-0.39, 0.29) is 5.82 Å². The van der Waals surface area contributed by atoms with Gasteiger partial charge in [0.1, 0.15) is 5.82 Å². The van der Waals surface area contributed by atoms with Crippen molar-refractivity contribution in [3.63, 3.8) is 0 Å². The van der Waals surface area contributed by atoms with Crippen LogP contribution in [0.1, 0.15) is 35.1 Å². The predicted molar refractivity (Wildman–Crippen MR) is 89.9 cm³/mol. The summed E-state index contributed by atoms with van der Waals surface area (Å²) in [5, 5.41) is 3.40. The summed E-state index contributed by atoms with van der Waals surface area (Å²) < 4.78 is 13.9. The van der Waals surface area contributed by atoms with E-state index in [4.69, 9.17) is 0 Å². The van der Waals surface area contributed by atoms with Gasteiger partial charge < -0.3 is 5.32 Å². The lowest BCUT2D eigenvalue weighted by Gasteiger charge is -2.22. The van der Waals surface area contributed by atoms with Gasteiger partial charge in [-0.25, -0.2) is 4.39 Å². The number of halogens is 1. The maximum Gasteiger partial charge on any atom is 0.123 e. The molecule has 0 saturated carbocycles. The highest BCUT2D eigenvalue weighted by atomic mass is 19.1. The molecule has 1 N–H and O–H groups in total. The molecule has 2 aliphatic rings. The summed E-state index contributed by atoms with van der Waals surface area (Å²) in [5.74, 6) is -0.168. The smallest absolute Gasteiger partial charge is 0.123 e. The van der Waals surface area contributed by atoms with Gasteiger partial charge in [-0.15, -0.1) is 0 Å². The molecule has 2 heteroatoms. The molecule has 2 aromatic rings. The van der Waals surface area contributed by atoms with E-state index in [1.165, 1.54) is 22.3 Å². The molecule has 22 heavy (non-hydrogen) atoms. The summed E-state index contributed by atoms with van der Waals surface area (Å²) >= 11 is 0. The number of benzene rings is 2. The Morgan fingerprint density at radius 3 is 2.36 bits per heavy atom. The first kappa shape index (κ1) is 13.5. The van der Waals surface area contributed by atoms with Crippen molar-refractivity contribution in [2.75, 3.05) is 13.1 Å². The molecule has 1 aliphatic carbocycles. The fourth-order valence-electron chi connectivity index (χ4n) is 3.44. The average molecular weight is 291 g/mol. The van der Waals surface area contributed by atoms with Crippen LogP contribution in [0.5, 0.6) is 0 Å². The number of rotatable bonds is 0. The molecule has 0 aromatic heterocycles. The van der Waals surface area contributed by atoms with Crippen LogP contribution in [-0.2, 0) is 0 Å². The fourth-order valence-corrected chi connectivity index (χ4v) is 3.44. The molecule has 0 atom stereocenters. The van der Waals surface area contributed by atoms with Crippen LogP contribution in [0.25, 0.3) is 17.7 Å². The first-order valence-electron chi connectivity index (χ1n) is 7.83. The van der Waals surface area contributed by atoms with Gasteiger partial charge in [0.05, 0.1) is 0 Å². The predicted octanol–water partition coefficient (Wildman–Crippen LogP) is 4.49. The molecular formula is C20H18FN. The van der Waals surface area contributed by atoms with Crippen molar-refractivity contribution < 1.29 is 4.39 Å². The summed E-state index contributed by atoms with van der Waals surface area (Å²) in [4.78, 5) is 0. The van der Waals surface area contributed by atoms with E-state index in [0.717, 1.165) is 37.1 Å². The van der Waals surface area contributed by atoms with Gasteiger partial charge in [-0.3, -0.25) is 0 Å². The second-order valence-electron chi connectivity index (χ2n) is 5.88. The Balaban J connectivity index is 2.03. The van der Waals surface area contributed by atoms with E-state index in [2.05, 4.69) is 41.7 Å². The lowest BCUT2D eigenvalue weighted by Crippen LogP contribution is -2.24. The van der Waals surface area contributed by atoms with Crippen LogP contribution in [0, 0.1) is 5.82 Å². The molecule has 1 nitrogen and oxygen atoms in total. The Labute approximate surface area is 130 Å². The van der Waals surface area contributed by atoms with Gasteiger partial charge in [-0.2, -0.15) is 0 Å². The first-order valence-corrected chi connectivity index (χ1v) is 7.83. The Morgan fingerprint density at radius 1 is 0.818 bits per heavy atom. The second kappa shape index (κ2) is 5.54. The molecule has 0 amide bonds. The van der Waals surface area contributed by atoms with E-state index in [1.54, 1.807) is 12.1 Å². The third-order valence-electron chi connectivity index (χ3n) is 4.52. The highest BCUT2D eigenvalue weighted by molar-refractivity contribution is 5.94. The number of hydrogen-bond donors (Lipinski definition) is 1. The topological polar surface area (TPSA) is 12.0 Å². The quantitative estimate of drug-likeness (QED) is 0.643. The normalized spacial score (nSPS) is 17.0. The van der Waals surface area contributed by atoms with Gasteiger partial charge in [0, 0.05) is 0 Å². The molecule has 0 unspecified atom stereocenters. The fraction of sp³-hybridized carbons (Fsp3) is 0.200. The minimum Gasteiger partial charge on any atom is -0.316 e. The largest absolute Gasteiger partial charge is 0.316 e. The maximum atomic E-state index is 13.9. The minimum absolute atomic E-state index is 0.168. The zero-order valence-corrected chi connectivity index (χ0v) is 12.4. The zero-order chi connectivity index (χ0) is 14.9. The highest BCUT2D eigenvalue weighted by Gasteiger charge is 2.20. The molecule has 0 bridgehead atoms. The zero-order valence-electron chi connectivity index (χ0n) is 12.4. The van der Waals surface area contributed by atoms with Crippen molar-refractivity contribution in [3.8, 4) is 0 Å². The maximum absolute atomic E-state index is 13.9. The van der Waals surface area contributed by atoms with E-state index < -0.39 is 0 Å². The van der Waals surface area contributed by atoms with Crippen LogP contribution in [-0.4, -0.2) is 13.1 Å². The number of hydrogen-bond acceptors (Lipinski definition) is 1. The van der Waals surface area contributed by atoms with Crippen molar-refractivity contribution in [3.05, 3.63) is 76.1 Å². The van der Waals surface area contributed by atoms with Gasteiger partial charge >= 0.3 is 0 Å².